The van der Waals surface area contributed by atoms with Crippen molar-refractivity contribution in [1.29, 1.82) is 0 Å². The van der Waals surface area contributed by atoms with Gasteiger partial charge in [0.15, 0.2) is 5.78 Å². The first kappa shape index (κ1) is 20.3. The van der Waals surface area contributed by atoms with Crippen molar-refractivity contribution in [2.75, 3.05) is 7.11 Å². The van der Waals surface area contributed by atoms with Gasteiger partial charge >= 0.3 is 35.2 Å². The van der Waals surface area contributed by atoms with Crippen LogP contribution in [0.25, 0.3) is 11.0 Å². The van der Waals surface area contributed by atoms with E-state index in [4.69, 9.17) is 13.7 Å². The van der Waals surface area contributed by atoms with Gasteiger partial charge in [0, 0.05) is 17.0 Å². The maximum atomic E-state index is 12.5. The number of hydrogen-bond donors (Lipinski definition) is 1. The molecule has 0 aliphatic rings. The molecule has 130 valence electrons. The standard InChI is InChI=1S/C17H12O7S.Na.H/c1-23-12-5-2-11-8-14(17(19)24-15(11)9-12)16(18)10-3-6-13(7-4-10)25(20,21)22;;/h2-9H,1H3,(H,20,21,22);;/q;+1;-1. The van der Waals surface area contributed by atoms with Crippen molar-refractivity contribution in [2.24, 2.45) is 0 Å². The van der Waals surface area contributed by atoms with Crippen LogP contribution in [-0.4, -0.2) is 25.9 Å². The van der Waals surface area contributed by atoms with Crippen LogP contribution in [0.4, 0.5) is 0 Å². The summed E-state index contributed by atoms with van der Waals surface area (Å²) < 4.78 is 41.2. The summed E-state index contributed by atoms with van der Waals surface area (Å²) in [6.07, 6.45) is 0. The van der Waals surface area contributed by atoms with E-state index in [1.54, 1.807) is 12.1 Å². The van der Waals surface area contributed by atoms with Gasteiger partial charge in [-0.1, -0.05) is 0 Å². The third-order valence-corrected chi connectivity index (χ3v) is 4.47. The van der Waals surface area contributed by atoms with Gasteiger partial charge in [-0.2, -0.15) is 8.42 Å². The van der Waals surface area contributed by atoms with Crippen LogP contribution in [0.3, 0.4) is 0 Å². The molecule has 1 aromatic heterocycles. The monoisotopic (exact) mass is 384 g/mol. The van der Waals surface area contributed by atoms with Crippen molar-refractivity contribution < 1.29 is 57.9 Å². The quantitative estimate of drug-likeness (QED) is 0.277. The molecule has 3 rings (SSSR count). The molecular weight excluding hydrogens is 371 g/mol. The zero-order chi connectivity index (χ0) is 18.2. The van der Waals surface area contributed by atoms with Gasteiger partial charge in [-0.3, -0.25) is 9.35 Å². The Morgan fingerprint density at radius 2 is 1.77 bits per heavy atom. The molecule has 1 heterocycles. The number of carbonyl (C=O) groups excluding carboxylic acids is 1. The second kappa shape index (κ2) is 7.73. The Balaban J connectivity index is 0.00000182. The Morgan fingerprint density at radius 1 is 1.12 bits per heavy atom. The van der Waals surface area contributed by atoms with Crippen molar-refractivity contribution in [3.8, 4) is 5.75 Å². The number of fused-ring (bicyclic) bond motifs is 1. The second-order valence-corrected chi connectivity index (χ2v) is 6.60. The van der Waals surface area contributed by atoms with E-state index < -0.39 is 21.5 Å². The average molecular weight is 384 g/mol. The van der Waals surface area contributed by atoms with E-state index >= 15 is 0 Å². The predicted octanol–water partition coefficient (Wildman–Crippen LogP) is -0.604. The molecule has 0 fully saturated rings. The molecule has 0 aliphatic carbocycles. The summed E-state index contributed by atoms with van der Waals surface area (Å²) in [5, 5.41) is 0.540. The van der Waals surface area contributed by atoms with Gasteiger partial charge in [0.2, 0.25) is 0 Å². The Bertz CT molecular complexity index is 1140. The van der Waals surface area contributed by atoms with Crippen LogP contribution >= 0.6 is 0 Å². The maximum Gasteiger partial charge on any atom is 1.00 e. The Morgan fingerprint density at radius 3 is 2.35 bits per heavy atom. The number of benzene rings is 2. The summed E-state index contributed by atoms with van der Waals surface area (Å²) in [4.78, 5) is 24.3. The van der Waals surface area contributed by atoms with E-state index in [0.717, 1.165) is 12.1 Å². The summed E-state index contributed by atoms with van der Waals surface area (Å²) in [5.74, 6) is -0.108. The van der Waals surface area contributed by atoms with Gasteiger partial charge in [-0.25, -0.2) is 4.79 Å². The number of hydrogen-bond acceptors (Lipinski definition) is 6. The number of ketones is 1. The largest absolute Gasteiger partial charge is 1.00 e. The molecule has 0 saturated carbocycles. The predicted molar refractivity (Wildman–Crippen MR) is 89.8 cm³/mol. The van der Waals surface area contributed by atoms with Crippen molar-refractivity contribution in [3.05, 3.63) is 70.1 Å². The first-order valence-electron chi connectivity index (χ1n) is 7.04. The van der Waals surface area contributed by atoms with Crippen LogP contribution in [-0.2, 0) is 10.1 Å². The molecule has 2 aromatic carbocycles. The fraction of sp³-hybridized carbons (Fsp3) is 0.0588. The summed E-state index contributed by atoms with van der Waals surface area (Å²) >= 11 is 0. The van der Waals surface area contributed by atoms with E-state index in [-0.39, 0.29) is 52.6 Å². The van der Waals surface area contributed by atoms with Crippen molar-refractivity contribution in [1.82, 2.24) is 0 Å². The Kier molecular flexibility index (Phi) is 6.05. The fourth-order valence-corrected chi connectivity index (χ4v) is 2.79. The SMILES string of the molecule is COc1ccc2cc(C(=O)c3ccc(S(=O)(=O)O)cc3)c(=O)oc2c1.[H-].[Na+]. The van der Waals surface area contributed by atoms with E-state index in [9.17, 15) is 18.0 Å². The third-order valence-electron chi connectivity index (χ3n) is 3.60. The van der Waals surface area contributed by atoms with Gasteiger partial charge in [0.25, 0.3) is 10.1 Å². The molecule has 0 saturated heterocycles. The molecule has 9 heteroatoms. The molecule has 7 nitrogen and oxygen atoms in total. The summed E-state index contributed by atoms with van der Waals surface area (Å²) in [6, 6.07) is 10.8. The molecule has 0 amide bonds. The molecule has 1 N–H and O–H groups in total. The fourth-order valence-electron chi connectivity index (χ4n) is 2.31. The third kappa shape index (κ3) is 4.05. The normalized spacial score (nSPS) is 11.0. The molecule has 0 aliphatic heterocycles. The minimum Gasteiger partial charge on any atom is -1.00 e. The molecule has 0 radical (unpaired) electrons. The van der Waals surface area contributed by atoms with Crippen molar-refractivity contribution in [3.63, 3.8) is 0 Å². The zero-order valence-electron chi connectivity index (χ0n) is 14.9. The van der Waals surface area contributed by atoms with Crippen LogP contribution in [0.15, 0.2) is 62.6 Å². The molecule has 3 aromatic rings. The van der Waals surface area contributed by atoms with Crippen molar-refractivity contribution in [2.45, 2.75) is 4.90 Å². The van der Waals surface area contributed by atoms with Gasteiger partial charge in [0.1, 0.15) is 16.9 Å². The van der Waals surface area contributed by atoms with E-state index in [2.05, 4.69) is 0 Å². The average Bonchev–Trinajstić information content (AvgIpc) is 2.59. The Labute approximate surface area is 172 Å². The summed E-state index contributed by atoms with van der Waals surface area (Å²) in [5.41, 5.74) is -0.628. The summed E-state index contributed by atoms with van der Waals surface area (Å²) in [7, 11) is -2.88. The smallest absolute Gasteiger partial charge is 1.00 e. The van der Waals surface area contributed by atoms with E-state index in [1.807, 2.05) is 0 Å². The van der Waals surface area contributed by atoms with Crippen LogP contribution in [0.1, 0.15) is 17.3 Å². The van der Waals surface area contributed by atoms with E-state index in [1.165, 1.54) is 31.4 Å². The first-order valence-corrected chi connectivity index (χ1v) is 8.48. The molecular formula is C17H13NaO7S. The van der Waals surface area contributed by atoms with Gasteiger partial charge < -0.3 is 10.6 Å². The van der Waals surface area contributed by atoms with Crippen LogP contribution in [0.2, 0.25) is 0 Å². The van der Waals surface area contributed by atoms with E-state index in [0.29, 0.717) is 11.1 Å². The van der Waals surface area contributed by atoms with Crippen molar-refractivity contribution >= 4 is 26.9 Å². The van der Waals surface area contributed by atoms with Crippen LogP contribution in [0.5, 0.6) is 5.75 Å². The number of ether oxygens (including phenoxy) is 1. The topological polar surface area (TPSA) is 111 Å². The minimum atomic E-state index is -4.36. The second-order valence-electron chi connectivity index (χ2n) is 5.18. The maximum absolute atomic E-state index is 12.5. The Hall–Kier alpha value is -1.97. The minimum absolute atomic E-state index is 0. The molecule has 0 unspecified atom stereocenters. The molecule has 0 spiro atoms. The van der Waals surface area contributed by atoms with Gasteiger partial charge in [-0.05, 0) is 42.5 Å². The number of methoxy groups -OCH3 is 1. The molecule has 26 heavy (non-hydrogen) atoms. The number of carbonyl (C=O) groups is 1. The van der Waals surface area contributed by atoms with Crippen LogP contribution < -0.4 is 39.9 Å². The van der Waals surface area contributed by atoms with Gasteiger partial charge in [0.05, 0.1) is 12.0 Å². The molecule has 0 bridgehead atoms. The molecule has 0 atom stereocenters. The zero-order valence-corrected chi connectivity index (χ0v) is 16.7. The van der Waals surface area contributed by atoms with Crippen LogP contribution in [0, 0.1) is 0 Å². The first-order chi connectivity index (χ1) is 11.8. The summed E-state index contributed by atoms with van der Waals surface area (Å²) in [6.45, 7) is 0. The number of rotatable bonds is 4. The van der Waals surface area contributed by atoms with Gasteiger partial charge in [-0.15, -0.1) is 0 Å².